The van der Waals surface area contributed by atoms with Crippen LogP contribution in [0.1, 0.15) is 105 Å². The van der Waals surface area contributed by atoms with Gasteiger partial charge in [-0.2, -0.15) is 0 Å². The van der Waals surface area contributed by atoms with Gasteiger partial charge in [0, 0.05) is 34.1 Å². The molecule has 11 aromatic carbocycles. The third kappa shape index (κ3) is 7.84. The second-order valence-electron chi connectivity index (χ2n) is 26.0. The lowest BCUT2D eigenvalue weighted by Gasteiger charge is -2.45. The van der Waals surface area contributed by atoms with Crippen molar-refractivity contribution < 1.29 is 0 Å². The summed E-state index contributed by atoms with van der Waals surface area (Å²) >= 11 is 0. The van der Waals surface area contributed by atoms with Crippen LogP contribution in [0.15, 0.2) is 188 Å². The summed E-state index contributed by atoms with van der Waals surface area (Å²) in [6, 6.07) is 73.3. The van der Waals surface area contributed by atoms with Crippen molar-refractivity contribution in [3.8, 4) is 11.1 Å². The van der Waals surface area contributed by atoms with E-state index >= 15 is 0 Å². The smallest absolute Gasteiger partial charge is 0.252 e. The van der Waals surface area contributed by atoms with Crippen LogP contribution in [0.2, 0.25) is 0 Å². The van der Waals surface area contributed by atoms with Crippen LogP contribution in [-0.4, -0.2) is 6.71 Å². The Morgan fingerprint density at radius 3 is 1.03 bits per heavy atom. The molecule has 2 heterocycles. The first-order valence-corrected chi connectivity index (χ1v) is 27.2. The van der Waals surface area contributed by atoms with Gasteiger partial charge in [-0.1, -0.05) is 198 Å². The van der Waals surface area contributed by atoms with Crippen LogP contribution in [0.3, 0.4) is 0 Å². The molecule has 3 heteroatoms. The van der Waals surface area contributed by atoms with Gasteiger partial charge in [0.05, 0.1) is 0 Å². The van der Waals surface area contributed by atoms with Gasteiger partial charge in [-0.15, -0.1) is 0 Å². The molecule has 0 bridgehead atoms. The maximum Gasteiger partial charge on any atom is 0.252 e. The largest absolute Gasteiger partial charge is 0.311 e. The average Bonchev–Trinajstić information content (AvgIpc) is 3.44. The van der Waals surface area contributed by atoms with Gasteiger partial charge >= 0.3 is 0 Å². The molecular weight excluding hydrogens is 904 g/mol. The van der Waals surface area contributed by atoms with Gasteiger partial charge in [0.15, 0.2) is 0 Å². The Labute approximate surface area is 444 Å². The van der Waals surface area contributed by atoms with E-state index in [1.165, 1.54) is 138 Å². The van der Waals surface area contributed by atoms with E-state index in [1.807, 2.05) is 0 Å². The third-order valence-corrected chi connectivity index (χ3v) is 16.6. The maximum atomic E-state index is 2.67. The summed E-state index contributed by atoms with van der Waals surface area (Å²) in [5.74, 6) is 0. The van der Waals surface area contributed by atoms with Crippen molar-refractivity contribution in [1.29, 1.82) is 0 Å². The van der Waals surface area contributed by atoms with Crippen LogP contribution in [-0.2, 0) is 21.7 Å². The van der Waals surface area contributed by atoms with Crippen LogP contribution < -0.4 is 26.2 Å². The Hall–Kier alpha value is -7.62. The highest BCUT2D eigenvalue weighted by Crippen LogP contribution is 2.50. The molecule has 0 fully saturated rings. The van der Waals surface area contributed by atoms with Crippen LogP contribution in [0.25, 0.3) is 65.0 Å². The number of nitrogens with zero attached hydrogens (tertiary/aromatic N) is 2. The van der Waals surface area contributed by atoms with Crippen LogP contribution in [0.5, 0.6) is 0 Å². The molecular formula is C72H67BN2. The van der Waals surface area contributed by atoms with E-state index in [4.69, 9.17) is 0 Å². The SMILES string of the molecule is CC(C)(C)c1cc(N2c3cc4cc5ccccc5cc4cc3B3c4cc5cc6ccccc6cc5cc4N(c4cc(C(C)(C)C)cc(C(C)(C)C)c4)c4cc(-c5cccc6ccccc56)cc2c43)cc(C(C)(C)C)c1. The minimum absolute atomic E-state index is 0.0819. The fraction of sp³-hybridized carbons (Fsp3) is 0.222. The maximum absolute atomic E-state index is 2.67. The molecule has 0 N–H and O–H groups in total. The van der Waals surface area contributed by atoms with E-state index in [2.05, 4.69) is 281 Å². The quantitative estimate of drug-likeness (QED) is 0.129. The Bertz CT molecular complexity index is 3890. The molecule has 2 aliphatic rings. The lowest BCUT2D eigenvalue weighted by atomic mass is 9.33. The van der Waals surface area contributed by atoms with Gasteiger partial charge in [-0.3, -0.25) is 0 Å². The summed E-state index contributed by atoms with van der Waals surface area (Å²) in [6.07, 6.45) is 0. The lowest BCUT2D eigenvalue weighted by molar-refractivity contribution is 0.568. The molecule has 368 valence electrons. The molecule has 0 unspecified atom stereocenters. The van der Waals surface area contributed by atoms with E-state index in [0.717, 1.165) is 0 Å². The summed E-state index contributed by atoms with van der Waals surface area (Å²) in [4.78, 5) is 5.34. The minimum Gasteiger partial charge on any atom is -0.311 e. The highest BCUT2D eigenvalue weighted by Gasteiger charge is 2.45. The highest BCUT2D eigenvalue weighted by molar-refractivity contribution is 7.00. The van der Waals surface area contributed by atoms with Gasteiger partial charge in [0.2, 0.25) is 0 Å². The lowest BCUT2D eigenvalue weighted by Crippen LogP contribution is -2.61. The van der Waals surface area contributed by atoms with Crippen molar-refractivity contribution in [3.05, 3.63) is 210 Å². The topological polar surface area (TPSA) is 6.48 Å². The molecule has 11 aromatic rings. The van der Waals surface area contributed by atoms with E-state index in [0.29, 0.717) is 0 Å². The van der Waals surface area contributed by atoms with Crippen LogP contribution in [0.4, 0.5) is 34.1 Å². The number of benzene rings is 11. The van der Waals surface area contributed by atoms with E-state index in [9.17, 15) is 0 Å². The molecule has 0 radical (unpaired) electrons. The monoisotopic (exact) mass is 971 g/mol. The fourth-order valence-electron chi connectivity index (χ4n) is 12.3. The molecule has 0 spiro atoms. The average molecular weight is 971 g/mol. The van der Waals surface area contributed by atoms with Crippen molar-refractivity contribution >= 4 is 111 Å². The van der Waals surface area contributed by atoms with Gasteiger partial charge < -0.3 is 9.80 Å². The van der Waals surface area contributed by atoms with E-state index < -0.39 is 0 Å². The molecule has 75 heavy (non-hydrogen) atoms. The zero-order chi connectivity index (χ0) is 52.1. The Kier molecular flexibility index (Phi) is 10.3. The molecule has 0 aromatic heterocycles. The van der Waals surface area contributed by atoms with Crippen molar-refractivity contribution in [3.63, 3.8) is 0 Å². The first-order chi connectivity index (χ1) is 35.7. The van der Waals surface area contributed by atoms with Gasteiger partial charge in [-0.25, -0.2) is 0 Å². The summed E-state index contributed by atoms with van der Waals surface area (Å²) in [5.41, 5.74) is 18.6. The van der Waals surface area contributed by atoms with Crippen LogP contribution in [0, 0.1) is 0 Å². The Morgan fingerprint density at radius 2 is 0.640 bits per heavy atom. The standard InChI is InChI=1S/C72H67BN2/c1-69(2,3)54-38-55(70(4,5)6)41-58(40-54)74-64-34-51-30-47-23-15-13-21-45(47)28-49(51)32-62(64)73-63-33-50-29-46-22-14-16-24-48(46)31-52(50)35-65(63)75(59-42-56(71(7,8)9)39-57(43-59)72(10,11)12)67-37-53(36-66(74)68(67)73)61-27-19-25-44-20-17-18-26-60(44)61/h13-43H,1-12H3. The van der Waals surface area contributed by atoms with Gasteiger partial charge in [0.1, 0.15) is 0 Å². The molecule has 0 aliphatic carbocycles. The van der Waals surface area contributed by atoms with Crippen molar-refractivity contribution in [2.45, 2.75) is 105 Å². The van der Waals surface area contributed by atoms with Crippen molar-refractivity contribution in [2.75, 3.05) is 9.80 Å². The summed E-state index contributed by atoms with van der Waals surface area (Å²) in [6.45, 7) is 28.3. The Morgan fingerprint density at radius 1 is 0.293 bits per heavy atom. The normalized spacial score (nSPS) is 13.8. The molecule has 0 saturated heterocycles. The predicted molar refractivity (Wildman–Crippen MR) is 328 cm³/mol. The summed E-state index contributed by atoms with van der Waals surface area (Å²) in [5, 5.41) is 12.5. The summed E-state index contributed by atoms with van der Waals surface area (Å²) < 4.78 is 0. The van der Waals surface area contributed by atoms with Crippen molar-refractivity contribution in [2.24, 2.45) is 0 Å². The van der Waals surface area contributed by atoms with Gasteiger partial charge in [-0.05, 0) is 198 Å². The number of hydrogen-bond donors (Lipinski definition) is 0. The fourth-order valence-corrected chi connectivity index (χ4v) is 12.3. The zero-order valence-electron chi connectivity index (χ0n) is 45.9. The Balaban J connectivity index is 1.23. The number of fused-ring (bicyclic) bond motifs is 9. The first kappa shape index (κ1) is 47.1. The predicted octanol–water partition coefficient (Wildman–Crippen LogP) is 18.4. The van der Waals surface area contributed by atoms with Crippen LogP contribution >= 0.6 is 0 Å². The van der Waals surface area contributed by atoms with Gasteiger partial charge in [0.25, 0.3) is 6.71 Å². The molecule has 0 saturated carbocycles. The van der Waals surface area contributed by atoms with E-state index in [1.54, 1.807) is 0 Å². The molecule has 2 aliphatic heterocycles. The van der Waals surface area contributed by atoms with Crippen molar-refractivity contribution in [1.82, 2.24) is 0 Å². The number of hydrogen-bond acceptors (Lipinski definition) is 2. The second kappa shape index (κ2) is 16.4. The van der Waals surface area contributed by atoms with E-state index in [-0.39, 0.29) is 28.4 Å². The first-order valence-electron chi connectivity index (χ1n) is 27.2. The zero-order valence-corrected chi connectivity index (χ0v) is 45.9. The number of rotatable bonds is 3. The number of anilines is 6. The molecule has 2 nitrogen and oxygen atoms in total. The minimum atomic E-state index is -0.0898. The summed E-state index contributed by atoms with van der Waals surface area (Å²) in [7, 11) is 0. The third-order valence-electron chi connectivity index (χ3n) is 16.6. The molecule has 0 amide bonds. The molecule has 13 rings (SSSR count). The second-order valence-corrected chi connectivity index (χ2v) is 26.0. The highest BCUT2D eigenvalue weighted by atomic mass is 15.2. The molecule has 0 atom stereocenters.